The molecule has 7 heteroatoms. The number of hydrogen-bond donors (Lipinski definition) is 1. The molecule has 0 unspecified atom stereocenters. The van der Waals surface area contributed by atoms with Gasteiger partial charge in [0.1, 0.15) is 18.3 Å². The van der Waals surface area contributed by atoms with E-state index in [1.165, 1.54) is 6.26 Å². The molecule has 128 valence electrons. The first-order valence-corrected chi connectivity index (χ1v) is 7.62. The number of hydrogen-bond acceptors (Lipinski definition) is 7. The molecule has 0 radical (unpaired) electrons. The Bertz CT molecular complexity index is 563. The van der Waals surface area contributed by atoms with Crippen molar-refractivity contribution in [3.05, 3.63) is 24.2 Å². The molecule has 4 atom stereocenters. The van der Waals surface area contributed by atoms with Crippen LogP contribution in [0.15, 0.2) is 22.8 Å². The summed E-state index contributed by atoms with van der Waals surface area (Å²) in [6.07, 6.45) is -1.93. The van der Waals surface area contributed by atoms with Gasteiger partial charge in [-0.3, -0.25) is 4.79 Å². The third-order valence-electron chi connectivity index (χ3n) is 3.88. The van der Waals surface area contributed by atoms with E-state index >= 15 is 0 Å². The van der Waals surface area contributed by atoms with Crippen molar-refractivity contribution in [2.45, 2.75) is 63.7 Å². The first-order valence-electron chi connectivity index (χ1n) is 7.62. The fourth-order valence-electron chi connectivity index (χ4n) is 2.90. The van der Waals surface area contributed by atoms with Crippen LogP contribution < -0.4 is 0 Å². The summed E-state index contributed by atoms with van der Waals surface area (Å²) in [5.74, 6) is -2.01. The standard InChI is InChI=1S/C16H22O7/c1-15(2)20-8-9(17)12(21-15)14-13(22-16(3,4)23-14)11(18)10-6-5-7-19-10/h5-7,9,12-14,17H,8H2,1-4H3/t9-,12-,13-,14+/m1/s1. The lowest BCUT2D eigenvalue weighted by Gasteiger charge is -2.41. The van der Waals surface area contributed by atoms with Gasteiger partial charge in [-0.25, -0.2) is 0 Å². The number of furan rings is 1. The Kier molecular flexibility index (Phi) is 4.10. The van der Waals surface area contributed by atoms with Gasteiger partial charge in [0.05, 0.1) is 12.9 Å². The van der Waals surface area contributed by atoms with Gasteiger partial charge < -0.3 is 28.5 Å². The van der Waals surface area contributed by atoms with Crippen LogP contribution in [0.1, 0.15) is 38.2 Å². The van der Waals surface area contributed by atoms with Gasteiger partial charge in [-0.1, -0.05) is 0 Å². The van der Waals surface area contributed by atoms with E-state index in [0.29, 0.717) is 0 Å². The van der Waals surface area contributed by atoms with Gasteiger partial charge >= 0.3 is 0 Å². The zero-order valence-electron chi connectivity index (χ0n) is 13.6. The number of ketones is 1. The Hall–Kier alpha value is -1.25. The van der Waals surface area contributed by atoms with Gasteiger partial charge in [-0.15, -0.1) is 0 Å². The van der Waals surface area contributed by atoms with Crippen LogP contribution in [0.25, 0.3) is 0 Å². The highest BCUT2D eigenvalue weighted by Gasteiger charge is 2.54. The van der Waals surface area contributed by atoms with Crippen molar-refractivity contribution in [2.24, 2.45) is 0 Å². The Morgan fingerprint density at radius 2 is 1.83 bits per heavy atom. The van der Waals surface area contributed by atoms with Gasteiger partial charge in [0.25, 0.3) is 0 Å². The molecule has 2 aliphatic heterocycles. The topological polar surface area (TPSA) is 87.4 Å². The maximum Gasteiger partial charge on any atom is 0.229 e. The maximum atomic E-state index is 12.6. The molecule has 0 spiro atoms. The van der Waals surface area contributed by atoms with Crippen molar-refractivity contribution in [3.8, 4) is 0 Å². The quantitative estimate of drug-likeness (QED) is 0.842. The second-order valence-corrected chi connectivity index (χ2v) is 6.72. The smallest absolute Gasteiger partial charge is 0.229 e. The van der Waals surface area contributed by atoms with Crippen molar-refractivity contribution in [3.63, 3.8) is 0 Å². The summed E-state index contributed by atoms with van der Waals surface area (Å²) in [5.41, 5.74) is 0. The Labute approximate surface area is 134 Å². The molecular weight excluding hydrogens is 304 g/mol. The fourth-order valence-corrected chi connectivity index (χ4v) is 2.90. The Morgan fingerprint density at radius 3 is 2.48 bits per heavy atom. The third kappa shape index (κ3) is 3.34. The van der Waals surface area contributed by atoms with E-state index in [-0.39, 0.29) is 18.2 Å². The molecule has 0 amide bonds. The highest BCUT2D eigenvalue weighted by Crippen LogP contribution is 2.36. The molecule has 1 aromatic heterocycles. The second kappa shape index (κ2) is 5.68. The van der Waals surface area contributed by atoms with Crippen molar-refractivity contribution in [1.82, 2.24) is 0 Å². The largest absolute Gasteiger partial charge is 0.461 e. The van der Waals surface area contributed by atoms with Crippen molar-refractivity contribution < 1.29 is 33.3 Å². The number of Topliss-reactive ketones (excluding diaryl/α,β-unsaturated/α-hetero) is 1. The average Bonchev–Trinajstić information content (AvgIpc) is 3.08. The number of aliphatic hydroxyl groups excluding tert-OH is 1. The SMILES string of the molecule is CC1(C)OC[C@@H](O)[C@H]([C@@H]2OC(C)(C)O[C@@H]2C(=O)c2ccco2)O1. The number of rotatable bonds is 3. The van der Waals surface area contributed by atoms with E-state index in [1.54, 1.807) is 39.8 Å². The predicted molar refractivity (Wildman–Crippen MR) is 77.8 cm³/mol. The normalized spacial score (nSPS) is 36.0. The molecule has 3 heterocycles. The molecule has 2 saturated heterocycles. The minimum absolute atomic E-state index is 0.0968. The van der Waals surface area contributed by atoms with Gasteiger partial charge in [0.2, 0.25) is 5.78 Å². The molecule has 2 aliphatic rings. The van der Waals surface area contributed by atoms with Crippen LogP contribution in [0.3, 0.4) is 0 Å². The van der Waals surface area contributed by atoms with Crippen LogP contribution in [-0.2, 0) is 18.9 Å². The summed E-state index contributed by atoms with van der Waals surface area (Å²) < 4.78 is 28.0. The fraction of sp³-hybridized carbons (Fsp3) is 0.688. The van der Waals surface area contributed by atoms with Gasteiger partial charge in [0.15, 0.2) is 23.4 Å². The lowest BCUT2D eigenvalue weighted by atomic mass is 9.98. The zero-order valence-corrected chi connectivity index (χ0v) is 13.6. The molecule has 7 nitrogen and oxygen atoms in total. The molecule has 0 bridgehead atoms. The van der Waals surface area contributed by atoms with Crippen LogP contribution in [0.2, 0.25) is 0 Å². The maximum absolute atomic E-state index is 12.6. The number of carbonyl (C=O) groups excluding carboxylic acids is 1. The molecular formula is C16H22O7. The van der Waals surface area contributed by atoms with Crippen LogP contribution in [0, 0.1) is 0 Å². The van der Waals surface area contributed by atoms with Crippen molar-refractivity contribution in [1.29, 1.82) is 0 Å². The number of aliphatic hydroxyl groups is 1. The summed E-state index contributed by atoms with van der Waals surface area (Å²) in [7, 11) is 0. The van der Waals surface area contributed by atoms with Crippen molar-refractivity contribution in [2.75, 3.05) is 6.61 Å². The predicted octanol–water partition coefficient (Wildman–Crippen LogP) is 1.49. The van der Waals surface area contributed by atoms with Crippen LogP contribution >= 0.6 is 0 Å². The molecule has 2 fully saturated rings. The first kappa shape index (κ1) is 16.6. The van der Waals surface area contributed by atoms with Gasteiger partial charge in [-0.2, -0.15) is 0 Å². The summed E-state index contributed by atoms with van der Waals surface area (Å²) in [4.78, 5) is 12.6. The average molecular weight is 326 g/mol. The van der Waals surface area contributed by atoms with E-state index in [0.717, 1.165) is 0 Å². The molecule has 23 heavy (non-hydrogen) atoms. The van der Waals surface area contributed by atoms with Gasteiger partial charge in [-0.05, 0) is 39.8 Å². The Morgan fingerprint density at radius 1 is 1.13 bits per heavy atom. The van der Waals surface area contributed by atoms with Crippen LogP contribution in [0.5, 0.6) is 0 Å². The van der Waals surface area contributed by atoms with Gasteiger partial charge in [0, 0.05) is 0 Å². The first-order chi connectivity index (χ1) is 10.7. The molecule has 0 aromatic carbocycles. The van der Waals surface area contributed by atoms with E-state index < -0.39 is 36.0 Å². The van der Waals surface area contributed by atoms with E-state index in [4.69, 9.17) is 23.4 Å². The highest BCUT2D eigenvalue weighted by molar-refractivity contribution is 5.97. The number of ether oxygens (including phenoxy) is 4. The molecule has 3 rings (SSSR count). The molecule has 1 N–H and O–H groups in total. The minimum Gasteiger partial charge on any atom is -0.461 e. The number of carbonyl (C=O) groups is 1. The summed E-state index contributed by atoms with van der Waals surface area (Å²) >= 11 is 0. The lowest BCUT2D eigenvalue weighted by molar-refractivity contribution is -0.322. The van der Waals surface area contributed by atoms with Crippen LogP contribution in [0.4, 0.5) is 0 Å². The third-order valence-corrected chi connectivity index (χ3v) is 3.88. The summed E-state index contributed by atoms with van der Waals surface area (Å²) in [6.45, 7) is 7.02. The molecule has 0 saturated carbocycles. The van der Waals surface area contributed by atoms with E-state index in [2.05, 4.69) is 0 Å². The minimum atomic E-state index is -0.969. The van der Waals surface area contributed by atoms with Crippen molar-refractivity contribution >= 4 is 5.78 Å². The second-order valence-electron chi connectivity index (χ2n) is 6.72. The Balaban J connectivity index is 1.87. The molecule has 1 aromatic rings. The monoisotopic (exact) mass is 326 g/mol. The lowest BCUT2D eigenvalue weighted by Crippen LogP contribution is -2.56. The summed E-state index contributed by atoms with van der Waals surface area (Å²) in [5, 5.41) is 10.2. The summed E-state index contributed by atoms with van der Waals surface area (Å²) in [6, 6.07) is 3.20. The highest BCUT2D eigenvalue weighted by atomic mass is 16.8. The van der Waals surface area contributed by atoms with Crippen LogP contribution in [-0.4, -0.2) is 53.5 Å². The zero-order chi connectivity index (χ0) is 16.8. The van der Waals surface area contributed by atoms with E-state index in [1.807, 2.05) is 0 Å². The molecule has 0 aliphatic carbocycles. The van der Waals surface area contributed by atoms with E-state index in [9.17, 15) is 9.90 Å².